The molecule has 0 aromatic heterocycles. The van der Waals surface area contributed by atoms with E-state index in [0.717, 1.165) is 11.3 Å². The van der Waals surface area contributed by atoms with Gasteiger partial charge in [-0.05, 0) is 23.8 Å². The Morgan fingerprint density at radius 3 is 2.52 bits per heavy atom. The summed E-state index contributed by atoms with van der Waals surface area (Å²) in [6.07, 6.45) is 0. The summed E-state index contributed by atoms with van der Waals surface area (Å²) < 4.78 is 5.30. The van der Waals surface area contributed by atoms with Crippen molar-refractivity contribution in [2.24, 2.45) is 0 Å². The maximum atomic E-state index is 11.7. The number of ether oxygens (including phenoxy) is 1. The third-order valence-electron chi connectivity index (χ3n) is 3.52. The zero-order valence-electron chi connectivity index (χ0n) is 14.8. The summed E-state index contributed by atoms with van der Waals surface area (Å²) >= 11 is 1.63. The summed E-state index contributed by atoms with van der Waals surface area (Å²) in [4.78, 5) is 23.4. The number of carbonyl (C=O) groups excluding carboxylic acids is 2. The van der Waals surface area contributed by atoms with E-state index >= 15 is 0 Å². The Hall–Kier alpha value is -2.98. The Bertz CT molecular complexity index is 791. The standard InChI is InChI=1S/C20H21N3O3S/c21-12-16-6-4-5-7-17(16)15-27-11-10-22-19(24)13-23-20(25)14-26-18-8-2-1-3-9-18/h1-9H,10-11,13-15H2,(H,22,24)(H,23,25). The van der Waals surface area contributed by atoms with Gasteiger partial charge in [0.15, 0.2) is 6.61 Å². The van der Waals surface area contributed by atoms with Crippen molar-refractivity contribution in [1.29, 1.82) is 5.26 Å². The molecule has 140 valence electrons. The average Bonchev–Trinajstić information content (AvgIpc) is 2.71. The summed E-state index contributed by atoms with van der Waals surface area (Å²) in [5.74, 6) is 1.44. The second-order valence-electron chi connectivity index (χ2n) is 5.55. The van der Waals surface area contributed by atoms with Crippen LogP contribution in [0.1, 0.15) is 11.1 Å². The molecule has 2 aromatic rings. The molecule has 0 heterocycles. The fourth-order valence-electron chi connectivity index (χ4n) is 2.16. The highest BCUT2D eigenvalue weighted by Crippen LogP contribution is 2.15. The number of carbonyl (C=O) groups is 2. The monoisotopic (exact) mass is 383 g/mol. The fourth-order valence-corrected chi connectivity index (χ4v) is 3.02. The SMILES string of the molecule is N#Cc1ccccc1CSCCNC(=O)CNC(=O)COc1ccccc1. The number of hydrogen-bond donors (Lipinski definition) is 2. The molecular weight excluding hydrogens is 362 g/mol. The van der Waals surface area contributed by atoms with Gasteiger partial charge < -0.3 is 15.4 Å². The van der Waals surface area contributed by atoms with Gasteiger partial charge in [-0.25, -0.2) is 0 Å². The molecule has 0 aliphatic carbocycles. The zero-order valence-corrected chi connectivity index (χ0v) is 15.6. The van der Waals surface area contributed by atoms with Crippen molar-refractivity contribution in [1.82, 2.24) is 10.6 Å². The summed E-state index contributed by atoms with van der Waals surface area (Å²) in [6, 6.07) is 18.6. The lowest BCUT2D eigenvalue weighted by Gasteiger charge is -2.08. The number of hydrogen-bond acceptors (Lipinski definition) is 5. The molecule has 2 aromatic carbocycles. The van der Waals surface area contributed by atoms with Crippen molar-refractivity contribution in [3.63, 3.8) is 0 Å². The lowest BCUT2D eigenvalue weighted by molar-refractivity contribution is -0.127. The smallest absolute Gasteiger partial charge is 0.258 e. The summed E-state index contributed by atoms with van der Waals surface area (Å²) in [7, 11) is 0. The first-order chi connectivity index (χ1) is 13.2. The Morgan fingerprint density at radius 2 is 1.74 bits per heavy atom. The van der Waals surface area contributed by atoms with Gasteiger partial charge in [-0.15, -0.1) is 0 Å². The van der Waals surface area contributed by atoms with Crippen LogP contribution in [0.25, 0.3) is 0 Å². The molecule has 2 rings (SSSR count). The molecule has 2 N–H and O–H groups in total. The van der Waals surface area contributed by atoms with Gasteiger partial charge in [-0.3, -0.25) is 9.59 Å². The predicted octanol–water partition coefficient (Wildman–Crippen LogP) is 2.10. The molecule has 27 heavy (non-hydrogen) atoms. The van der Waals surface area contributed by atoms with Crippen molar-refractivity contribution in [2.75, 3.05) is 25.4 Å². The third kappa shape index (κ3) is 7.84. The predicted molar refractivity (Wildman–Crippen MR) is 105 cm³/mol. The Labute approximate surface area is 162 Å². The van der Waals surface area contributed by atoms with E-state index in [9.17, 15) is 9.59 Å². The highest BCUT2D eigenvalue weighted by molar-refractivity contribution is 7.98. The summed E-state index contributed by atoms with van der Waals surface area (Å²) in [5.41, 5.74) is 1.66. The Kier molecular flexibility index (Phi) is 8.74. The maximum Gasteiger partial charge on any atom is 0.258 e. The highest BCUT2D eigenvalue weighted by atomic mass is 32.2. The van der Waals surface area contributed by atoms with E-state index in [2.05, 4.69) is 16.7 Å². The number of para-hydroxylation sites is 1. The van der Waals surface area contributed by atoms with Crippen LogP contribution in [0.2, 0.25) is 0 Å². The van der Waals surface area contributed by atoms with Gasteiger partial charge in [0.05, 0.1) is 18.2 Å². The third-order valence-corrected chi connectivity index (χ3v) is 4.53. The summed E-state index contributed by atoms with van der Waals surface area (Å²) in [6.45, 7) is 0.277. The fraction of sp³-hybridized carbons (Fsp3) is 0.250. The average molecular weight is 383 g/mol. The number of nitriles is 1. The van der Waals surface area contributed by atoms with Crippen LogP contribution in [0.4, 0.5) is 0 Å². The van der Waals surface area contributed by atoms with Crippen LogP contribution in [-0.2, 0) is 15.3 Å². The van der Waals surface area contributed by atoms with E-state index in [0.29, 0.717) is 23.6 Å². The van der Waals surface area contributed by atoms with Crippen LogP contribution in [0, 0.1) is 11.3 Å². The van der Waals surface area contributed by atoms with Gasteiger partial charge >= 0.3 is 0 Å². The highest BCUT2D eigenvalue weighted by Gasteiger charge is 2.06. The molecule has 0 aliphatic heterocycles. The molecule has 0 saturated carbocycles. The maximum absolute atomic E-state index is 11.7. The van der Waals surface area contributed by atoms with Crippen LogP contribution >= 0.6 is 11.8 Å². The molecule has 0 unspecified atom stereocenters. The van der Waals surface area contributed by atoms with E-state index < -0.39 is 0 Å². The van der Waals surface area contributed by atoms with E-state index in [1.807, 2.05) is 36.4 Å². The lowest BCUT2D eigenvalue weighted by atomic mass is 10.1. The zero-order chi connectivity index (χ0) is 19.3. The van der Waals surface area contributed by atoms with Crippen molar-refractivity contribution in [3.05, 3.63) is 65.7 Å². The molecule has 0 atom stereocenters. The minimum absolute atomic E-state index is 0.0844. The molecule has 0 fully saturated rings. The van der Waals surface area contributed by atoms with Crippen molar-refractivity contribution in [3.8, 4) is 11.8 Å². The number of rotatable bonds is 10. The molecule has 0 radical (unpaired) electrons. The van der Waals surface area contributed by atoms with Crippen molar-refractivity contribution in [2.45, 2.75) is 5.75 Å². The molecule has 0 saturated heterocycles. The number of nitrogens with zero attached hydrogens (tertiary/aromatic N) is 1. The number of amides is 2. The van der Waals surface area contributed by atoms with Crippen LogP contribution < -0.4 is 15.4 Å². The van der Waals surface area contributed by atoms with Crippen molar-refractivity contribution >= 4 is 23.6 Å². The van der Waals surface area contributed by atoms with E-state index in [-0.39, 0.29) is 25.0 Å². The van der Waals surface area contributed by atoms with Crippen molar-refractivity contribution < 1.29 is 14.3 Å². The minimum Gasteiger partial charge on any atom is -0.484 e. The number of thioether (sulfide) groups is 1. The number of nitrogens with one attached hydrogen (secondary N) is 2. The van der Waals surface area contributed by atoms with Gasteiger partial charge in [-0.1, -0.05) is 36.4 Å². The van der Waals surface area contributed by atoms with Crippen LogP contribution in [0.15, 0.2) is 54.6 Å². The number of benzene rings is 2. The van der Waals surface area contributed by atoms with E-state index in [1.54, 1.807) is 30.0 Å². The molecule has 0 aliphatic rings. The van der Waals surface area contributed by atoms with Gasteiger partial charge in [0.25, 0.3) is 5.91 Å². The molecule has 0 bridgehead atoms. The second kappa shape index (κ2) is 11.6. The summed E-state index contributed by atoms with van der Waals surface area (Å²) in [5, 5.41) is 14.3. The lowest BCUT2D eigenvalue weighted by Crippen LogP contribution is -2.39. The van der Waals surface area contributed by atoms with Gasteiger partial charge in [0.1, 0.15) is 5.75 Å². The molecule has 6 nitrogen and oxygen atoms in total. The molecule has 0 spiro atoms. The topological polar surface area (TPSA) is 91.2 Å². The van der Waals surface area contributed by atoms with Gasteiger partial charge in [0.2, 0.25) is 5.91 Å². The van der Waals surface area contributed by atoms with Crippen LogP contribution in [-0.4, -0.2) is 37.3 Å². The first-order valence-electron chi connectivity index (χ1n) is 8.46. The van der Waals surface area contributed by atoms with Crippen LogP contribution in [0.5, 0.6) is 5.75 Å². The Balaban J connectivity index is 1.54. The molecule has 2 amide bonds. The van der Waals surface area contributed by atoms with Gasteiger partial charge in [0, 0.05) is 18.1 Å². The normalized spacial score (nSPS) is 9.89. The first-order valence-corrected chi connectivity index (χ1v) is 9.61. The van der Waals surface area contributed by atoms with E-state index in [1.165, 1.54) is 0 Å². The van der Waals surface area contributed by atoms with Gasteiger partial charge in [-0.2, -0.15) is 17.0 Å². The Morgan fingerprint density at radius 1 is 1.00 bits per heavy atom. The quantitative estimate of drug-likeness (QED) is 0.613. The second-order valence-corrected chi connectivity index (χ2v) is 6.66. The minimum atomic E-state index is -0.350. The van der Waals surface area contributed by atoms with Crippen LogP contribution in [0.3, 0.4) is 0 Å². The first kappa shape index (κ1) is 20.3. The largest absolute Gasteiger partial charge is 0.484 e. The molecule has 7 heteroatoms. The molecular formula is C20H21N3O3S. The van der Waals surface area contributed by atoms with E-state index in [4.69, 9.17) is 10.00 Å².